The molecule has 0 fully saturated rings. The zero-order valence-electron chi connectivity index (χ0n) is 10.4. The number of nitrogens with two attached hydrogens (primary N) is 1. The first-order chi connectivity index (χ1) is 9.08. The number of benzene rings is 1. The summed E-state index contributed by atoms with van der Waals surface area (Å²) in [5, 5.41) is 12.0. The molecule has 1 heterocycles. The maximum absolute atomic E-state index is 11.0. The van der Waals surface area contributed by atoms with E-state index in [-0.39, 0.29) is 11.3 Å². The number of hydrogen-bond donors (Lipinski definition) is 3. The van der Waals surface area contributed by atoms with Crippen LogP contribution in [0.5, 0.6) is 0 Å². The third kappa shape index (κ3) is 2.98. The average molecular weight is 258 g/mol. The van der Waals surface area contributed by atoms with Crippen LogP contribution < -0.4 is 11.1 Å². The molecule has 1 aromatic carbocycles. The van der Waals surface area contributed by atoms with E-state index in [2.05, 4.69) is 15.3 Å². The monoisotopic (exact) mass is 258 g/mol. The van der Waals surface area contributed by atoms with E-state index in [9.17, 15) is 4.79 Å². The van der Waals surface area contributed by atoms with Crippen LogP contribution in [0.2, 0.25) is 0 Å². The molecule has 6 nitrogen and oxygen atoms in total. The molecule has 0 aliphatic rings. The van der Waals surface area contributed by atoms with Crippen LogP contribution in [-0.2, 0) is 6.54 Å². The number of nitrogen functional groups attached to an aromatic ring is 1. The number of carbonyl (C=O) groups is 1. The van der Waals surface area contributed by atoms with Gasteiger partial charge in [0.1, 0.15) is 0 Å². The summed E-state index contributed by atoms with van der Waals surface area (Å²) < 4.78 is 0. The van der Waals surface area contributed by atoms with Crippen molar-refractivity contribution in [1.29, 1.82) is 0 Å². The number of anilines is 2. The van der Waals surface area contributed by atoms with Crippen molar-refractivity contribution >= 4 is 17.3 Å². The smallest absolute Gasteiger partial charge is 0.337 e. The molecule has 0 bridgehead atoms. The maximum Gasteiger partial charge on any atom is 0.337 e. The summed E-state index contributed by atoms with van der Waals surface area (Å²) in [6.07, 6.45) is 3.34. The number of aromatic carboxylic acids is 1. The maximum atomic E-state index is 11.0. The van der Waals surface area contributed by atoms with Crippen molar-refractivity contribution in [3.8, 4) is 0 Å². The van der Waals surface area contributed by atoms with Crippen LogP contribution in [0.25, 0.3) is 0 Å². The standard InChI is InChI=1S/C13H14N4O2/c1-8-5-16-9(6-15-8)7-17-11-4-2-3-10(12(11)14)13(18)19/h2-6,17H,7,14H2,1H3,(H,18,19). The van der Waals surface area contributed by atoms with Gasteiger partial charge in [-0.2, -0.15) is 0 Å². The van der Waals surface area contributed by atoms with Crippen LogP contribution in [0.3, 0.4) is 0 Å². The van der Waals surface area contributed by atoms with E-state index in [0.717, 1.165) is 11.4 Å². The minimum Gasteiger partial charge on any atom is -0.478 e. The van der Waals surface area contributed by atoms with E-state index in [0.29, 0.717) is 12.2 Å². The minimum atomic E-state index is -1.05. The Morgan fingerprint density at radius 3 is 2.79 bits per heavy atom. The Labute approximate surface area is 110 Å². The van der Waals surface area contributed by atoms with Gasteiger partial charge in [0.25, 0.3) is 0 Å². The van der Waals surface area contributed by atoms with Gasteiger partial charge in [-0.15, -0.1) is 0 Å². The first kappa shape index (κ1) is 12.8. The molecule has 19 heavy (non-hydrogen) atoms. The summed E-state index contributed by atoms with van der Waals surface area (Å²) in [5.74, 6) is -1.05. The Hall–Kier alpha value is -2.63. The zero-order valence-corrected chi connectivity index (χ0v) is 10.4. The van der Waals surface area contributed by atoms with Crippen molar-refractivity contribution in [3.05, 3.63) is 47.5 Å². The number of aryl methyl sites for hydroxylation is 1. The van der Waals surface area contributed by atoms with Gasteiger partial charge in [0, 0.05) is 6.20 Å². The predicted octanol–water partition coefficient (Wildman–Crippen LogP) is 1.68. The van der Waals surface area contributed by atoms with Crippen LogP contribution in [0.4, 0.5) is 11.4 Å². The van der Waals surface area contributed by atoms with E-state index >= 15 is 0 Å². The van der Waals surface area contributed by atoms with Crippen molar-refractivity contribution < 1.29 is 9.90 Å². The van der Waals surface area contributed by atoms with Crippen molar-refractivity contribution in [2.24, 2.45) is 0 Å². The molecule has 4 N–H and O–H groups in total. The quantitative estimate of drug-likeness (QED) is 0.721. The minimum absolute atomic E-state index is 0.0833. The topological polar surface area (TPSA) is 101 Å². The van der Waals surface area contributed by atoms with Gasteiger partial charge in [0.15, 0.2) is 0 Å². The number of carboxylic acids is 1. The molecule has 0 aliphatic carbocycles. The van der Waals surface area contributed by atoms with Crippen molar-refractivity contribution in [2.45, 2.75) is 13.5 Å². The Kier molecular flexibility index (Phi) is 3.61. The fourth-order valence-electron chi connectivity index (χ4n) is 1.60. The molecule has 1 aromatic heterocycles. The summed E-state index contributed by atoms with van der Waals surface area (Å²) >= 11 is 0. The molecule has 0 amide bonds. The van der Waals surface area contributed by atoms with Gasteiger partial charge in [-0.25, -0.2) is 4.79 Å². The fourth-order valence-corrected chi connectivity index (χ4v) is 1.60. The van der Waals surface area contributed by atoms with Crippen LogP contribution in [0.1, 0.15) is 21.7 Å². The largest absolute Gasteiger partial charge is 0.478 e. The van der Waals surface area contributed by atoms with Crippen LogP contribution in [0, 0.1) is 6.92 Å². The van der Waals surface area contributed by atoms with Crippen molar-refractivity contribution in [1.82, 2.24) is 9.97 Å². The second-order valence-electron chi connectivity index (χ2n) is 4.07. The van der Waals surface area contributed by atoms with Gasteiger partial charge in [0.05, 0.1) is 41.1 Å². The number of carboxylic acid groups (broad SMARTS) is 1. The summed E-state index contributed by atoms with van der Waals surface area (Å²) in [6.45, 7) is 2.29. The highest BCUT2D eigenvalue weighted by Gasteiger charge is 2.10. The van der Waals surface area contributed by atoms with E-state index in [1.165, 1.54) is 6.07 Å². The normalized spacial score (nSPS) is 10.2. The summed E-state index contributed by atoms with van der Waals surface area (Å²) in [7, 11) is 0. The summed E-state index contributed by atoms with van der Waals surface area (Å²) in [5.41, 5.74) is 8.26. The van der Waals surface area contributed by atoms with Crippen LogP contribution >= 0.6 is 0 Å². The van der Waals surface area contributed by atoms with Gasteiger partial charge in [-0.1, -0.05) is 6.07 Å². The summed E-state index contributed by atoms with van der Waals surface area (Å²) in [6, 6.07) is 4.83. The van der Waals surface area contributed by atoms with E-state index < -0.39 is 5.97 Å². The molecular weight excluding hydrogens is 244 g/mol. The van der Waals surface area contributed by atoms with Gasteiger partial charge in [0.2, 0.25) is 0 Å². The number of rotatable bonds is 4. The molecule has 6 heteroatoms. The highest BCUT2D eigenvalue weighted by atomic mass is 16.4. The number of para-hydroxylation sites is 1. The first-order valence-electron chi connectivity index (χ1n) is 5.71. The lowest BCUT2D eigenvalue weighted by atomic mass is 10.1. The number of nitrogens with zero attached hydrogens (tertiary/aromatic N) is 2. The Balaban J connectivity index is 2.13. The molecule has 0 saturated carbocycles. The third-order valence-electron chi connectivity index (χ3n) is 2.63. The predicted molar refractivity (Wildman–Crippen MR) is 71.9 cm³/mol. The van der Waals surface area contributed by atoms with Gasteiger partial charge >= 0.3 is 5.97 Å². The molecular formula is C13H14N4O2. The molecule has 2 aromatic rings. The first-order valence-corrected chi connectivity index (χ1v) is 5.71. The number of hydrogen-bond acceptors (Lipinski definition) is 5. The lowest BCUT2D eigenvalue weighted by Gasteiger charge is -2.10. The second-order valence-corrected chi connectivity index (χ2v) is 4.07. The molecule has 98 valence electrons. The average Bonchev–Trinajstić information content (AvgIpc) is 2.39. The van der Waals surface area contributed by atoms with Gasteiger partial charge in [-0.05, 0) is 19.1 Å². The lowest BCUT2D eigenvalue weighted by molar-refractivity contribution is 0.0698. The fraction of sp³-hybridized carbons (Fsp3) is 0.154. The molecule has 0 aliphatic heterocycles. The molecule has 0 atom stereocenters. The van der Waals surface area contributed by atoms with Gasteiger partial charge in [-0.3, -0.25) is 9.97 Å². The number of aromatic nitrogens is 2. The number of nitrogens with one attached hydrogen (secondary N) is 1. The molecule has 0 unspecified atom stereocenters. The Bertz CT molecular complexity index is 596. The van der Waals surface area contributed by atoms with E-state index in [1.807, 2.05) is 6.92 Å². The highest BCUT2D eigenvalue weighted by molar-refractivity contribution is 5.97. The molecule has 2 rings (SSSR count). The van der Waals surface area contributed by atoms with Crippen LogP contribution in [-0.4, -0.2) is 21.0 Å². The molecule has 0 spiro atoms. The highest BCUT2D eigenvalue weighted by Crippen LogP contribution is 2.23. The summed E-state index contributed by atoms with van der Waals surface area (Å²) in [4.78, 5) is 19.3. The van der Waals surface area contributed by atoms with Crippen molar-refractivity contribution in [2.75, 3.05) is 11.1 Å². The second kappa shape index (κ2) is 5.34. The van der Waals surface area contributed by atoms with Crippen LogP contribution in [0.15, 0.2) is 30.6 Å². The SMILES string of the molecule is Cc1cnc(CNc2cccc(C(=O)O)c2N)cn1. The van der Waals surface area contributed by atoms with E-state index in [1.54, 1.807) is 24.5 Å². The van der Waals surface area contributed by atoms with E-state index in [4.69, 9.17) is 10.8 Å². The third-order valence-corrected chi connectivity index (χ3v) is 2.63. The zero-order chi connectivity index (χ0) is 13.8. The lowest BCUT2D eigenvalue weighted by Crippen LogP contribution is -2.08. The molecule has 0 saturated heterocycles. The Morgan fingerprint density at radius 1 is 1.37 bits per heavy atom. The Morgan fingerprint density at radius 2 is 2.16 bits per heavy atom. The van der Waals surface area contributed by atoms with Crippen molar-refractivity contribution in [3.63, 3.8) is 0 Å². The molecule has 0 radical (unpaired) electrons. The van der Waals surface area contributed by atoms with Gasteiger partial charge < -0.3 is 16.2 Å².